The maximum Gasteiger partial charge on any atom is 0.246 e. The molecule has 1 amide bonds. The molecule has 1 aromatic carbocycles. The minimum Gasteiger partial charge on any atom is -0.396 e. The summed E-state index contributed by atoms with van der Waals surface area (Å²) in [5, 5.41) is 9.31. The highest BCUT2D eigenvalue weighted by Crippen LogP contribution is 2.25. The highest BCUT2D eigenvalue weighted by Gasteiger charge is 2.22. The summed E-state index contributed by atoms with van der Waals surface area (Å²) in [5.74, 6) is 0.564. The SMILES string of the molecule is CC(C)/C(=C\C(=O)N1CCCC(CO)C1)c1ccc(Br)cc1. The van der Waals surface area contributed by atoms with Crippen molar-refractivity contribution in [3.63, 3.8) is 0 Å². The minimum atomic E-state index is 0.0600. The fourth-order valence-corrected chi connectivity index (χ4v) is 3.13. The van der Waals surface area contributed by atoms with Crippen molar-refractivity contribution in [2.24, 2.45) is 11.8 Å². The van der Waals surface area contributed by atoms with Crippen molar-refractivity contribution >= 4 is 27.4 Å². The van der Waals surface area contributed by atoms with Crippen molar-refractivity contribution in [2.75, 3.05) is 19.7 Å². The summed E-state index contributed by atoms with van der Waals surface area (Å²) in [6.45, 7) is 5.83. The molecule has 1 aromatic rings. The van der Waals surface area contributed by atoms with Gasteiger partial charge in [-0.3, -0.25) is 4.79 Å². The van der Waals surface area contributed by atoms with Crippen molar-refractivity contribution in [3.8, 4) is 0 Å². The molecule has 0 aromatic heterocycles. The first-order valence-corrected chi connectivity index (χ1v) is 8.68. The van der Waals surface area contributed by atoms with E-state index in [4.69, 9.17) is 0 Å². The van der Waals surface area contributed by atoms with Crippen LogP contribution in [0.4, 0.5) is 0 Å². The van der Waals surface area contributed by atoms with E-state index in [2.05, 4.69) is 29.8 Å². The van der Waals surface area contributed by atoms with Crippen molar-refractivity contribution in [3.05, 3.63) is 40.4 Å². The van der Waals surface area contributed by atoms with Crippen LogP contribution in [0.2, 0.25) is 0 Å². The number of piperidine rings is 1. The number of nitrogens with zero attached hydrogens (tertiary/aromatic N) is 1. The fourth-order valence-electron chi connectivity index (χ4n) is 2.86. The Morgan fingerprint density at radius 1 is 1.41 bits per heavy atom. The van der Waals surface area contributed by atoms with Gasteiger partial charge in [0.05, 0.1) is 0 Å². The van der Waals surface area contributed by atoms with Gasteiger partial charge in [-0.25, -0.2) is 0 Å². The normalized spacial score (nSPS) is 19.6. The number of allylic oxidation sites excluding steroid dienone is 1. The average molecular weight is 366 g/mol. The van der Waals surface area contributed by atoms with E-state index in [1.807, 2.05) is 29.2 Å². The highest BCUT2D eigenvalue weighted by molar-refractivity contribution is 9.10. The number of aliphatic hydroxyl groups is 1. The van der Waals surface area contributed by atoms with Crippen LogP contribution in [-0.2, 0) is 4.79 Å². The molecule has 1 heterocycles. The van der Waals surface area contributed by atoms with E-state index in [0.29, 0.717) is 6.54 Å². The van der Waals surface area contributed by atoms with E-state index in [9.17, 15) is 9.90 Å². The van der Waals surface area contributed by atoms with Gasteiger partial charge in [0.2, 0.25) is 5.91 Å². The van der Waals surface area contributed by atoms with Crippen molar-refractivity contribution in [1.82, 2.24) is 4.90 Å². The standard InChI is InChI=1S/C18H24BrNO2/c1-13(2)17(15-5-7-16(19)8-6-15)10-18(22)20-9-3-4-14(11-20)12-21/h5-8,10,13-14,21H,3-4,9,11-12H2,1-2H3/b17-10+. The fraction of sp³-hybridized carbons (Fsp3) is 0.500. The first-order chi connectivity index (χ1) is 10.5. The maximum atomic E-state index is 12.6. The number of hydrogen-bond donors (Lipinski definition) is 1. The minimum absolute atomic E-state index is 0.0600. The Balaban J connectivity index is 2.18. The molecule has 1 unspecified atom stereocenters. The summed E-state index contributed by atoms with van der Waals surface area (Å²) in [4.78, 5) is 14.4. The Labute approximate surface area is 141 Å². The van der Waals surface area contributed by atoms with Crippen LogP contribution in [0, 0.1) is 11.8 Å². The number of carbonyl (C=O) groups excluding carboxylic acids is 1. The lowest BCUT2D eigenvalue weighted by Crippen LogP contribution is -2.40. The Morgan fingerprint density at radius 3 is 2.68 bits per heavy atom. The average Bonchev–Trinajstić information content (AvgIpc) is 2.53. The predicted octanol–water partition coefficient (Wildman–Crippen LogP) is 3.72. The van der Waals surface area contributed by atoms with E-state index < -0.39 is 0 Å². The molecule has 0 spiro atoms. The molecule has 1 atom stereocenters. The first-order valence-electron chi connectivity index (χ1n) is 7.88. The first kappa shape index (κ1) is 17.2. The molecule has 120 valence electrons. The molecule has 22 heavy (non-hydrogen) atoms. The quantitative estimate of drug-likeness (QED) is 0.826. The van der Waals surface area contributed by atoms with Gasteiger partial charge < -0.3 is 10.0 Å². The van der Waals surface area contributed by atoms with E-state index >= 15 is 0 Å². The third kappa shape index (κ3) is 4.43. The molecule has 3 nitrogen and oxygen atoms in total. The smallest absolute Gasteiger partial charge is 0.246 e. The second-order valence-corrected chi connectivity index (χ2v) is 7.15. The van der Waals surface area contributed by atoms with Crippen LogP contribution in [-0.4, -0.2) is 35.6 Å². The van der Waals surface area contributed by atoms with Gasteiger partial charge >= 0.3 is 0 Å². The summed E-state index contributed by atoms with van der Waals surface area (Å²) >= 11 is 3.44. The topological polar surface area (TPSA) is 40.5 Å². The Hall–Kier alpha value is -1.13. The van der Waals surface area contributed by atoms with Crippen LogP contribution in [0.1, 0.15) is 32.3 Å². The molecule has 2 rings (SSSR count). The number of benzene rings is 1. The molecular formula is C18H24BrNO2. The summed E-state index contributed by atoms with van der Waals surface area (Å²) in [7, 11) is 0. The van der Waals surface area contributed by atoms with Crippen molar-refractivity contribution < 1.29 is 9.90 Å². The molecule has 0 radical (unpaired) electrons. The van der Waals surface area contributed by atoms with Gasteiger partial charge in [0.15, 0.2) is 0 Å². The zero-order valence-electron chi connectivity index (χ0n) is 13.3. The number of halogens is 1. The summed E-state index contributed by atoms with van der Waals surface area (Å²) in [6.07, 6.45) is 3.75. The summed E-state index contributed by atoms with van der Waals surface area (Å²) in [5.41, 5.74) is 2.14. The Morgan fingerprint density at radius 2 is 2.09 bits per heavy atom. The summed E-state index contributed by atoms with van der Waals surface area (Å²) in [6, 6.07) is 8.07. The monoisotopic (exact) mass is 365 g/mol. The van der Waals surface area contributed by atoms with Crippen LogP contribution in [0.3, 0.4) is 0 Å². The number of amides is 1. The van der Waals surface area contributed by atoms with Gasteiger partial charge in [-0.15, -0.1) is 0 Å². The van der Waals surface area contributed by atoms with Gasteiger partial charge in [0.1, 0.15) is 0 Å². The van der Waals surface area contributed by atoms with E-state index in [1.165, 1.54) is 0 Å². The number of hydrogen-bond acceptors (Lipinski definition) is 2. The van der Waals surface area contributed by atoms with Gasteiger partial charge in [0, 0.05) is 30.2 Å². The van der Waals surface area contributed by atoms with Gasteiger partial charge in [0.25, 0.3) is 0 Å². The van der Waals surface area contributed by atoms with Gasteiger partial charge in [-0.2, -0.15) is 0 Å². The molecule has 1 N–H and O–H groups in total. The van der Waals surface area contributed by atoms with E-state index in [-0.39, 0.29) is 24.3 Å². The van der Waals surface area contributed by atoms with Crippen LogP contribution in [0.25, 0.3) is 5.57 Å². The maximum absolute atomic E-state index is 12.6. The number of rotatable bonds is 4. The van der Waals surface area contributed by atoms with E-state index in [0.717, 1.165) is 35.0 Å². The molecule has 0 saturated carbocycles. The van der Waals surface area contributed by atoms with Crippen LogP contribution in [0.15, 0.2) is 34.8 Å². The zero-order chi connectivity index (χ0) is 16.1. The second kappa shape index (κ2) is 7.93. The van der Waals surface area contributed by atoms with Crippen molar-refractivity contribution in [1.29, 1.82) is 0 Å². The molecule has 0 aliphatic carbocycles. The Bertz CT molecular complexity index is 537. The molecule has 1 fully saturated rings. The lowest BCUT2D eigenvalue weighted by molar-refractivity contribution is -0.128. The Kier molecular flexibility index (Phi) is 6.21. The predicted molar refractivity (Wildman–Crippen MR) is 93.3 cm³/mol. The number of likely N-dealkylation sites (tertiary alicyclic amines) is 1. The second-order valence-electron chi connectivity index (χ2n) is 6.24. The third-order valence-electron chi connectivity index (χ3n) is 4.17. The molecule has 1 saturated heterocycles. The summed E-state index contributed by atoms with van der Waals surface area (Å²) < 4.78 is 1.03. The van der Waals surface area contributed by atoms with Crippen molar-refractivity contribution in [2.45, 2.75) is 26.7 Å². The third-order valence-corrected chi connectivity index (χ3v) is 4.70. The van der Waals surface area contributed by atoms with Crippen LogP contribution in [0.5, 0.6) is 0 Å². The van der Waals surface area contributed by atoms with Crippen LogP contribution >= 0.6 is 15.9 Å². The highest BCUT2D eigenvalue weighted by atomic mass is 79.9. The van der Waals surface area contributed by atoms with Gasteiger partial charge in [-0.05, 0) is 47.9 Å². The largest absolute Gasteiger partial charge is 0.396 e. The number of carbonyl (C=O) groups is 1. The lowest BCUT2D eigenvalue weighted by Gasteiger charge is -2.31. The molecule has 1 aliphatic heterocycles. The van der Waals surface area contributed by atoms with Crippen LogP contribution < -0.4 is 0 Å². The van der Waals surface area contributed by atoms with Gasteiger partial charge in [-0.1, -0.05) is 41.9 Å². The zero-order valence-corrected chi connectivity index (χ0v) is 14.8. The molecular weight excluding hydrogens is 342 g/mol. The molecule has 4 heteroatoms. The molecule has 0 bridgehead atoms. The lowest BCUT2D eigenvalue weighted by atomic mass is 9.94. The van der Waals surface area contributed by atoms with E-state index in [1.54, 1.807) is 6.08 Å². The number of aliphatic hydroxyl groups excluding tert-OH is 1. The molecule has 1 aliphatic rings.